The molecular weight excluding hydrogens is 412 g/mol. The van der Waals surface area contributed by atoms with Gasteiger partial charge in [0.15, 0.2) is 0 Å². The number of amides is 4. The van der Waals surface area contributed by atoms with Gasteiger partial charge in [-0.1, -0.05) is 58.0 Å². The van der Waals surface area contributed by atoms with Gasteiger partial charge in [-0.15, -0.1) is 0 Å². The Morgan fingerprint density at radius 2 is 1.66 bits per heavy atom. The van der Waals surface area contributed by atoms with Crippen LogP contribution < -0.4 is 16.5 Å². The van der Waals surface area contributed by atoms with E-state index in [4.69, 9.17) is 10.9 Å². The highest BCUT2D eigenvalue weighted by atomic mass is 16.5. The fourth-order valence-electron chi connectivity index (χ4n) is 3.46. The lowest BCUT2D eigenvalue weighted by Crippen LogP contribution is -2.49. The Kier molecular flexibility index (Phi) is 11.4. The van der Waals surface area contributed by atoms with E-state index in [1.54, 1.807) is 0 Å². The summed E-state index contributed by atoms with van der Waals surface area (Å²) >= 11 is 0. The largest absolute Gasteiger partial charge is 0.368 e. The molecule has 1 aromatic carbocycles. The van der Waals surface area contributed by atoms with E-state index in [0.717, 1.165) is 5.56 Å². The number of nitrogens with two attached hydrogens (primary N) is 1. The molecule has 0 bridgehead atoms. The Labute approximate surface area is 189 Å². The first-order chi connectivity index (χ1) is 15.0. The molecule has 0 saturated heterocycles. The molecule has 1 aromatic rings. The number of hydrogen-bond acceptors (Lipinski definition) is 5. The molecule has 0 spiro atoms. The summed E-state index contributed by atoms with van der Waals surface area (Å²) < 4.78 is 0. The molecule has 0 saturated carbocycles. The van der Waals surface area contributed by atoms with Gasteiger partial charge in [0.1, 0.15) is 12.6 Å². The third-order valence-corrected chi connectivity index (χ3v) is 4.89. The molecule has 9 heteroatoms. The molecule has 0 radical (unpaired) electrons. The van der Waals surface area contributed by atoms with E-state index in [1.165, 1.54) is 10.4 Å². The molecule has 5 N–H and O–H groups in total. The number of hydroxylamine groups is 1. The highest BCUT2D eigenvalue weighted by Crippen LogP contribution is 2.18. The topological polar surface area (TPSA) is 142 Å². The molecular formula is C23H36N4O5. The van der Waals surface area contributed by atoms with Crippen molar-refractivity contribution in [3.63, 3.8) is 0 Å². The number of rotatable bonds is 13. The van der Waals surface area contributed by atoms with Crippen molar-refractivity contribution in [2.45, 2.75) is 53.0 Å². The van der Waals surface area contributed by atoms with Crippen LogP contribution in [0.25, 0.3) is 0 Å². The molecule has 0 aromatic heterocycles. The highest BCUT2D eigenvalue weighted by molar-refractivity contribution is 5.91. The number of carbonyl (C=O) groups is 4. The van der Waals surface area contributed by atoms with E-state index < -0.39 is 29.7 Å². The number of nitrogens with one attached hydrogen (secondary N) is 2. The van der Waals surface area contributed by atoms with Crippen molar-refractivity contribution in [1.29, 1.82) is 0 Å². The zero-order valence-corrected chi connectivity index (χ0v) is 19.3. The van der Waals surface area contributed by atoms with Gasteiger partial charge in [-0.25, -0.2) is 5.48 Å². The highest BCUT2D eigenvalue weighted by Gasteiger charge is 2.29. The molecule has 2 atom stereocenters. The Balaban J connectivity index is 2.95. The predicted molar refractivity (Wildman–Crippen MR) is 120 cm³/mol. The smallest absolute Gasteiger partial charge is 0.262 e. The van der Waals surface area contributed by atoms with Crippen LogP contribution in [0, 0.1) is 17.8 Å². The van der Waals surface area contributed by atoms with Crippen molar-refractivity contribution in [2.24, 2.45) is 23.5 Å². The quantitative estimate of drug-likeness (QED) is 0.265. The predicted octanol–water partition coefficient (Wildman–Crippen LogP) is 1.24. The number of nitrogens with zero attached hydrogens (tertiary/aromatic N) is 1. The minimum atomic E-state index is -0.901. The second kappa shape index (κ2) is 13.5. The summed E-state index contributed by atoms with van der Waals surface area (Å²) in [6, 6.07) is 8.30. The van der Waals surface area contributed by atoms with Gasteiger partial charge < -0.3 is 16.0 Å². The van der Waals surface area contributed by atoms with Crippen molar-refractivity contribution in [3.8, 4) is 0 Å². The van der Waals surface area contributed by atoms with E-state index in [9.17, 15) is 19.2 Å². The normalized spacial score (nSPS) is 12.8. The van der Waals surface area contributed by atoms with Gasteiger partial charge in [-0.3, -0.25) is 24.4 Å². The van der Waals surface area contributed by atoms with E-state index in [1.807, 2.05) is 58.0 Å². The van der Waals surface area contributed by atoms with Gasteiger partial charge in [0.05, 0.1) is 0 Å². The monoisotopic (exact) mass is 448 g/mol. The number of carbonyl (C=O) groups excluding carboxylic acids is 4. The van der Waals surface area contributed by atoms with Gasteiger partial charge in [-0.05, 0) is 23.8 Å². The van der Waals surface area contributed by atoms with E-state index in [-0.39, 0.29) is 37.1 Å². The summed E-state index contributed by atoms with van der Waals surface area (Å²) in [5.74, 6) is -2.64. The van der Waals surface area contributed by atoms with Crippen LogP contribution in [0.15, 0.2) is 30.3 Å². The molecule has 0 aliphatic heterocycles. The van der Waals surface area contributed by atoms with Crippen molar-refractivity contribution < 1.29 is 24.4 Å². The van der Waals surface area contributed by atoms with Crippen LogP contribution in [0.5, 0.6) is 0 Å². The van der Waals surface area contributed by atoms with E-state index >= 15 is 0 Å². The lowest BCUT2D eigenvalue weighted by molar-refractivity contribution is -0.142. The molecule has 0 heterocycles. The van der Waals surface area contributed by atoms with Gasteiger partial charge in [-0.2, -0.15) is 0 Å². The van der Waals surface area contributed by atoms with Crippen LogP contribution in [0.3, 0.4) is 0 Å². The van der Waals surface area contributed by atoms with Crippen LogP contribution in [-0.4, -0.2) is 52.9 Å². The summed E-state index contributed by atoms with van der Waals surface area (Å²) in [4.78, 5) is 50.9. The van der Waals surface area contributed by atoms with Crippen molar-refractivity contribution in [1.82, 2.24) is 15.7 Å². The van der Waals surface area contributed by atoms with Gasteiger partial charge in [0.2, 0.25) is 17.7 Å². The van der Waals surface area contributed by atoms with Gasteiger partial charge in [0, 0.05) is 25.3 Å². The lowest BCUT2D eigenvalue weighted by atomic mass is 9.92. The summed E-state index contributed by atoms with van der Waals surface area (Å²) in [6.07, 6.45) is 0.558. The number of primary amides is 1. The SMILES string of the molecule is CC(C)C[C@H](CC(=O)N(CC(=O)NO)CC(C)C)C(=O)N[C@@H](Cc1ccccc1)C(N)=O. The first kappa shape index (κ1) is 27.1. The van der Waals surface area contributed by atoms with E-state index in [2.05, 4.69) is 5.32 Å². The van der Waals surface area contributed by atoms with Crippen LogP contribution in [0.1, 0.15) is 46.1 Å². The summed E-state index contributed by atoms with van der Waals surface area (Å²) in [7, 11) is 0. The van der Waals surface area contributed by atoms with Crippen LogP contribution in [-0.2, 0) is 25.6 Å². The number of benzene rings is 1. The first-order valence-corrected chi connectivity index (χ1v) is 10.9. The maximum Gasteiger partial charge on any atom is 0.262 e. The Morgan fingerprint density at radius 1 is 1.03 bits per heavy atom. The Hall–Kier alpha value is -2.94. The molecule has 1 rings (SSSR count). The van der Waals surface area contributed by atoms with Crippen molar-refractivity contribution in [2.75, 3.05) is 13.1 Å². The van der Waals surface area contributed by atoms with Crippen LogP contribution in [0.4, 0.5) is 0 Å². The minimum Gasteiger partial charge on any atom is -0.368 e. The molecule has 0 fully saturated rings. The van der Waals surface area contributed by atoms with Crippen molar-refractivity contribution in [3.05, 3.63) is 35.9 Å². The average Bonchev–Trinajstić information content (AvgIpc) is 2.72. The second-order valence-electron chi connectivity index (χ2n) is 8.89. The lowest BCUT2D eigenvalue weighted by Gasteiger charge is -2.27. The van der Waals surface area contributed by atoms with Crippen LogP contribution in [0.2, 0.25) is 0 Å². The molecule has 4 amide bonds. The van der Waals surface area contributed by atoms with Gasteiger partial charge >= 0.3 is 0 Å². The fraction of sp³-hybridized carbons (Fsp3) is 0.565. The maximum absolute atomic E-state index is 13.0. The molecule has 0 aliphatic carbocycles. The molecule has 32 heavy (non-hydrogen) atoms. The average molecular weight is 449 g/mol. The molecule has 178 valence electrons. The summed E-state index contributed by atoms with van der Waals surface area (Å²) in [6.45, 7) is 7.67. The Bertz CT molecular complexity index is 767. The third kappa shape index (κ3) is 9.91. The standard InChI is InChI=1S/C23H36N4O5/c1-15(2)10-18(12-21(29)27(13-16(3)4)14-20(28)26-32)23(31)25-19(22(24)30)11-17-8-6-5-7-9-17/h5-9,15-16,18-19,32H,10-14H2,1-4H3,(H2,24,30)(H,25,31)(H,26,28)/t18-,19+/m1/s1. The minimum absolute atomic E-state index is 0.0907. The third-order valence-electron chi connectivity index (χ3n) is 4.89. The summed E-state index contributed by atoms with van der Waals surface area (Å²) in [5.41, 5.74) is 7.89. The van der Waals surface area contributed by atoms with Crippen LogP contribution >= 0.6 is 0 Å². The summed E-state index contributed by atoms with van der Waals surface area (Å²) in [5, 5.41) is 11.5. The zero-order valence-electron chi connectivity index (χ0n) is 19.3. The first-order valence-electron chi connectivity index (χ1n) is 10.9. The Morgan fingerprint density at radius 3 is 2.16 bits per heavy atom. The van der Waals surface area contributed by atoms with E-state index in [0.29, 0.717) is 13.0 Å². The fourth-order valence-corrected chi connectivity index (χ4v) is 3.46. The molecule has 9 nitrogen and oxygen atoms in total. The van der Waals surface area contributed by atoms with Gasteiger partial charge in [0.25, 0.3) is 5.91 Å². The maximum atomic E-state index is 13.0. The zero-order chi connectivity index (χ0) is 24.3. The molecule has 0 unspecified atom stereocenters. The molecule has 0 aliphatic rings. The second-order valence-corrected chi connectivity index (χ2v) is 8.89. The van der Waals surface area contributed by atoms with Crippen molar-refractivity contribution >= 4 is 23.6 Å². The number of hydrogen-bond donors (Lipinski definition) is 4.